The highest BCUT2D eigenvalue weighted by molar-refractivity contribution is 6.11. The highest BCUT2D eigenvalue weighted by Crippen LogP contribution is 2.43. The van der Waals surface area contributed by atoms with Crippen LogP contribution in [0.3, 0.4) is 0 Å². The summed E-state index contributed by atoms with van der Waals surface area (Å²) in [5.74, 6) is -0.895. The van der Waals surface area contributed by atoms with Crippen LogP contribution in [0, 0.1) is 11.7 Å². The van der Waals surface area contributed by atoms with Gasteiger partial charge in [-0.3, -0.25) is 19.3 Å². The lowest BCUT2D eigenvalue weighted by Gasteiger charge is -2.43. The summed E-state index contributed by atoms with van der Waals surface area (Å²) in [7, 11) is 2.05. The Morgan fingerprint density at radius 3 is 2.56 bits per heavy atom. The summed E-state index contributed by atoms with van der Waals surface area (Å²) in [4.78, 5) is 46.1. The molecule has 3 amide bonds. The van der Waals surface area contributed by atoms with Gasteiger partial charge in [-0.1, -0.05) is 38.8 Å². The van der Waals surface area contributed by atoms with Crippen LogP contribution in [0.1, 0.15) is 57.9 Å². The average molecular weight is 444 g/mol. The van der Waals surface area contributed by atoms with Crippen LogP contribution >= 0.6 is 0 Å². The maximum atomic E-state index is 14.2. The third-order valence-corrected chi connectivity index (χ3v) is 7.58. The van der Waals surface area contributed by atoms with Gasteiger partial charge in [0.15, 0.2) is 0 Å². The zero-order chi connectivity index (χ0) is 23.0. The van der Waals surface area contributed by atoms with Crippen LogP contribution in [0.2, 0.25) is 0 Å². The number of nitrogens with zero attached hydrogens (tertiary/aromatic N) is 3. The molecule has 3 fully saturated rings. The quantitative estimate of drug-likeness (QED) is 0.657. The summed E-state index contributed by atoms with van der Waals surface area (Å²) in [5, 5.41) is 0. The Balaban J connectivity index is 1.69. The van der Waals surface area contributed by atoms with Crippen molar-refractivity contribution in [2.24, 2.45) is 5.92 Å². The second kappa shape index (κ2) is 8.93. The van der Waals surface area contributed by atoms with Gasteiger partial charge < -0.3 is 9.80 Å². The summed E-state index contributed by atoms with van der Waals surface area (Å²) in [6, 6.07) is 5.82. The maximum absolute atomic E-state index is 14.2. The predicted molar refractivity (Wildman–Crippen MR) is 119 cm³/mol. The number of amides is 3. The second-order valence-electron chi connectivity index (χ2n) is 10.1. The molecule has 0 bridgehead atoms. The van der Waals surface area contributed by atoms with Gasteiger partial charge in [-0.15, -0.1) is 0 Å². The Labute approximate surface area is 189 Å². The molecule has 0 N–H and O–H groups in total. The van der Waals surface area contributed by atoms with E-state index in [1.54, 1.807) is 12.1 Å². The van der Waals surface area contributed by atoms with Gasteiger partial charge >= 0.3 is 0 Å². The van der Waals surface area contributed by atoms with Gasteiger partial charge in [0.05, 0.1) is 5.41 Å². The molecule has 6 nitrogen and oxygen atoms in total. The number of hydrogen-bond acceptors (Lipinski definition) is 4. The minimum absolute atomic E-state index is 0.0453. The number of benzene rings is 1. The molecule has 174 valence electrons. The lowest BCUT2D eigenvalue weighted by atomic mass is 9.75. The fourth-order valence-electron chi connectivity index (χ4n) is 5.74. The molecule has 1 aromatic rings. The van der Waals surface area contributed by atoms with E-state index < -0.39 is 11.2 Å². The first-order valence-corrected chi connectivity index (χ1v) is 11.8. The van der Waals surface area contributed by atoms with E-state index in [4.69, 9.17) is 0 Å². The molecule has 2 saturated heterocycles. The summed E-state index contributed by atoms with van der Waals surface area (Å²) in [6.45, 7) is 6.32. The number of likely N-dealkylation sites (tertiary alicyclic amines) is 1. The number of imide groups is 1. The predicted octanol–water partition coefficient (Wildman–Crippen LogP) is 2.95. The van der Waals surface area contributed by atoms with Crippen LogP contribution in [0.15, 0.2) is 24.3 Å². The Kier molecular flexibility index (Phi) is 6.39. The third-order valence-electron chi connectivity index (χ3n) is 7.58. The normalized spacial score (nSPS) is 27.7. The molecule has 1 saturated carbocycles. The minimum Gasteiger partial charge on any atom is -0.337 e. The molecule has 4 rings (SSSR count). The van der Waals surface area contributed by atoms with Gasteiger partial charge in [0.2, 0.25) is 17.7 Å². The van der Waals surface area contributed by atoms with Crippen LogP contribution in [0.5, 0.6) is 0 Å². The van der Waals surface area contributed by atoms with E-state index in [2.05, 4.69) is 18.7 Å². The zero-order valence-electron chi connectivity index (χ0n) is 19.3. The van der Waals surface area contributed by atoms with Crippen molar-refractivity contribution < 1.29 is 18.8 Å². The monoisotopic (exact) mass is 443 g/mol. The Morgan fingerprint density at radius 2 is 1.91 bits per heavy atom. The van der Waals surface area contributed by atoms with E-state index in [0.717, 1.165) is 38.8 Å². The number of halogens is 1. The van der Waals surface area contributed by atoms with E-state index in [1.807, 2.05) is 11.9 Å². The van der Waals surface area contributed by atoms with Crippen molar-refractivity contribution in [2.75, 3.05) is 26.7 Å². The van der Waals surface area contributed by atoms with Crippen molar-refractivity contribution in [3.63, 3.8) is 0 Å². The average Bonchev–Trinajstić information content (AvgIpc) is 3.34. The second-order valence-corrected chi connectivity index (χ2v) is 10.1. The SMILES string of the molecule is CC(C)[C@H]1CN(C)CCN1C(=O)C[C@@]1(c2cccc(F)c2)CC(=O)N(C2CCCC2)C1=O. The zero-order valence-corrected chi connectivity index (χ0v) is 19.3. The maximum Gasteiger partial charge on any atom is 0.241 e. The van der Waals surface area contributed by atoms with Gasteiger partial charge in [0.25, 0.3) is 0 Å². The van der Waals surface area contributed by atoms with Crippen molar-refractivity contribution in [3.8, 4) is 0 Å². The Hall–Kier alpha value is -2.28. The number of carbonyl (C=O) groups excluding carboxylic acids is 3. The van der Waals surface area contributed by atoms with Crippen molar-refractivity contribution in [1.29, 1.82) is 0 Å². The fraction of sp³-hybridized carbons (Fsp3) is 0.640. The first-order chi connectivity index (χ1) is 15.2. The van der Waals surface area contributed by atoms with Crippen LogP contribution in [-0.2, 0) is 19.8 Å². The van der Waals surface area contributed by atoms with Crippen LogP contribution in [-0.4, -0.2) is 71.2 Å². The van der Waals surface area contributed by atoms with E-state index in [0.29, 0.717) is 12.1 Å². The molecule has 1 aliphatic carbocycles. The highest BCUT2D eigenvalue weighted by Gasteiger charge is 2.56. The smallest absolute Gasteiger partial charge is 0.241 e. The van der Waals surface area contributed by atoms with E-state index in [-0.39, 0.29) is 48.6 Å². The molecule has 32 heavy (non-hydrogen) atoms. The van der Waals surface area contributed by atoms with Gasteiger partial charge in [-0.05, 0) is 43.5 Å². The largest absolute Gasteiger partial charge is 0.337 e. The van der Waals surface area contributed by atoms with Gasteiger partial charge in [-0.25, -0.2) is 4.39 Å². The molecule has 2 heterocycles. The first kappa shape index (κ1) is 22.9. The van der Waals surface area contributed by atoms with Gasteiger partial charge in [0.1, 0.15) is 5.82 Å². The first-order valence-electron chi connectivity index (χ1n) is 11.8. The number of likely N-dealkylation sites (N-methyl/N-ethyl adjacent to an activating group) is 1. The molecule has 7 heteroatoms. The summed E-state index contributed by atoms with van der Waals surface area (Å²) >= 11 is 0. The van der Waals surface area contributed by atoms with Crippen LogP contribution < -0.4 is 0 Å². The molecule has 3 aliphatic rings. The van der Waals surface area contributed by atoms with Crippen molar-refractivity contribution in [1.82, 2.24) is 14.7 Å². The molecule has 0 radical (unpaired) electrons. The lowest BCUT2D eigenvalue weighted by molar-refractivity contribution is -0.146. The van der Waals surface area contributed by atoms with Crippen LogP contribution in [0.4, 0.5) is 4.39 Å². The summed E-state index contributed by atoms with van der Waals surface area (Å²) in [5.41, 5.74) is -0.899. The minimum atomic E-state index is -1.33. The Morgan fingerprint density at radius 1 is 1.19 bits per heavy atom. The number of piperazine rings is 1. The topological polar surface area (TPSA) is 60.9 Å². The highest BCUT2D eigenvalue weighted by atomic mass is 19.1. The molecule has 2 aliphatic heterocycles. The molecule has 1 aromatic carbocycles. The number of rotatable bonds is 5. The molecule has 0 aromatic heterocycles. The van der Waals surface area contributed by atoms with Gasteiger partial charge in [-0.2, -0.15) is 0 Å². The van der Waals surface area contributed by atoms with E-state index >= 15 is 0 Å². The fourth-order valence-corrected chi connectivity index (χ4v) is 5.74. The van der Waals surface area contributed by atoms with Crippen molar-refractivity contribution >= 4 is 17.7 Å². The van der Waals surface area contributed by atoms with Crippen LogP contribution in [0.25, 0.3) is 0 Å². The summed E-state index contributed by atoms with van der Waals surface area (Å²) < 4.78 is 14.2. The standard InChI is InChI=1S/C25H34FN3O3/c1-17(2)21-16-27(3)11-12-28(21)22(30)14-25(18-7-6-8-19(26)13-18)15-23(31)29(24(25)32)20-9-4-5-10-20/h6-8,13,17,20-21H,4-5,9-12,14-16H2,1-3H3/t21-,25+/m1/s1. The molecular weight excluding hydrogens is 409 g/mol. The Bertz CT molecular complexity index is 898. The molecule has 2 atom stereocenters. The summed E-state index contributed by atoms with van der Waals surface area (Å²) in [6.07, 6.45) is 3.42. The van der Waals surface area contributed by atoms with E-state index in [1.165, 1.54) is 17.0 Å². The van der Waals surface area contributed by atoms with E-state index in [9.17, 15) is 18.8 Å². The van der Waals surface area contributed by atoms with Crippen molar-refractivity contribution in [2.45, 2.75) is 69.9 Å². The van der Waals surface area contributed by atoms with Gasteiger partial charge in [0, 0.05) is 44.6 Å². The molecular formula is C25H34FN3O3. The molecule has 0 unspecified atom stereocenters. The number of carbonyl (C=O) groups is 3. The number of hydrogen-bond donors (Lipinski definition) is 0. The third kappa shape index (κ3) is 4.07. The molecule has 0 spiro atoms. The lowest BCUT2D eigenvalue weighted by Crippen LogP contribution is -2.57. The van der Waals surface area contributed by atoms with Crippen molar-refractivity contribution in [3.05, 3.63) is 35.6 Å².